The minimum absolute atomic E-state index is 0.0635. The number of carbonyl (C=O) groups is 2. The number of hydrogen-bond acceptors (Lipinski definition) is 4. The van der Waals surface area contributed by atoms with Crippen LogP contribution >= 0.6 is 11.3 Å². The molecule has 1 rings (SSSR count). The van der Waals surface area contributed by atoms with E-state index in [2.05, 4.69) is 5.32 Å². The van der Waals surface area contributed by atoms with Gasteiger partial charge in [-0.05, 0) is 18.4 Å². The van der Waals surface area contributed by atoms with Crippen LogP contribution in [-0.2, 0) is 4.79 Å². The number of ketones is 1. The Kier molecular flexibility index (Phi) is 3.79. The van der Waals surface area contributed by atoms with E-state index >= 15 is 0 Å². The molecule has 0 saturated carbocycles. The summed E-state index contributed by atoms with van der Waals surface area (Å²) in [4.78, 5) is 22.5. The number of carbonyl (C=O) groups excluding carboxylic acids is 1. The van der Waals surface area contributed by atoms with Gasteiger partial charge < -0.3 is 5.11 Å². The normalized spacial score (nSPS) is 12.4. The van der Waals surface area contributed by atoms with Crippen molar-refractivity contribution in [2.45, 2.75) is 13.0 Å². The minimum Gasteiger partial charge on any atom is -0.480 e. The molecule has 0 aliphatic rings. The summed E-state index contributed by atoms with van der Waals surface area (Å²) < 4.78 is 0. The third-order valence-corrected chi connectivity index (χ3v) is 2.65. The minimum atomic E-state index is -0.955. The first-order chi connectivity index (χ1) is 6.61. The van der Waals surface area contributed by atoms with E-state index in [9.17, 15) is 9.59 Å². The van der Waals surface area contributed by atoms with E-state index in [0.717, 1.165) is 0 Å². The molecular formula is C9H11NO3S. The Morgan fingerprint density at radius 1 is 1.64 bits per heavy atom. The van der Waals surface area contributed by atoms with Crippen LogP contribution < -0.4 is 5.32 Å². The fraction of sp³-hybridized carbons (Fsp3) is 0.333. The average Bonchev–Trinajstić information content (AvgIpc) is 2.66. The number of rotatable bonds is 5. The van der Waals surface area contributed by atoms with Crippen molar-refractivity contribution < 1.29 is 14.7 Å². The van der Waals surface area contributed by atoms with Crippen molar-refractivity contribution in [1.82, 2.24) is 5.32 Å². The maximum Gasteiger partial charge on any atom is 0.320 e. The van der Waals surface area contributed by atoms with Gasteiger partial charge in [0.1, 0.15) is 6.04 Å². The summed E-state index contributed by atoms with van der Waals surface area (Å²) in [5.74, 6) is -1.03. The van der Waals surface area contributed by atoms with Gasteiger partial charge in [-0.1, -0.05) is 6.07 Å². The fourth-order valence-corrected chi connectivity index (χ4v) is 1.52. The molecule has 0 fully saturated rings. The number of carboxylic acids is 1. The molecule has 0 aliphatic heterocycles. The first-order valence-electron chi connectivity index (χ1n) is 4.14. The number of hydrogen-bond donors (Lipinski definition) is 2. The van der Waals surface area contributed by atoms with Crippen LogP contribution in [0.3, 0.4) is 0 Å². The Hall–Kier alpha value is -1.20. The highest BCUT2D eigenvalue weighted by Gasteiger charge is 2.12. The summed E-state index contributed by atoms with van der Waals surface area (Å²) in [6.45, 7) is 1.57. The molecule has 0 saturated heterocycles. The highest BCUT2D eigenvalue weighted by Crippen LogP contribution is 2.08. The molecule has 0 amide bonds. The van der Waals surface area contributed by atoms with Gasteiger partial charge in [-0.3, -0.25) is 14.9 Å². The number of aliphatic carboxylic acids is 1. The number of nitrogens with one attached hydrogen (secondary N) is 1. The first kappa shape index (κ1) is 10.9. The molecule has 1 aromatic heterocycles. The van der Waals surface area contributed by atoms with Crippen molar-refractivity contribution in [3.8, 4) is 0 Å². The molecule has 0 spiro atoms. The average molecular weight is 213 g/mol. The molecule has 2 N–H and O–H groups in total. The predicted octanol–water partition coefficient (Wildman–Crippen LogP) is 0.994. The van der Waals surface area contributed by atoms with Crippen LogP contribution in [0.2, 0.25) is 0 Å². The highest BCUT2D eigenvalue weighted by atomic mass is 32.1. The zero-order valence-corrected chi connectivity index (χ0v) is 8.50. The molecule has 1 aromatic rings. The highest BCUT2D eigenvalue weighted by molar-refractivity contribution is 7.12. The topological polar surface area (TPSA) is 66.4 Å². The lowest BCUT2D eigenvalue weighted by molar-refractivity contribution is -0.138. The van der Waals surface area contributed by atoms with E-state index in [0.29, 0.717) is 4.88 Å². The van der Waals surface area contributed by atoms with Crippen LogP contribution in [0.1, 0.15) is 16.6 Å². The SMILES string of the molecule is CC(NCC(=O)c1cccs1)C(=O)O. The van der Waals surface area contributed by atoms with E-state index in [-0.39, 0.29) is 12.3 Å². The molecular weight excluding hydrogens is 202 g/mol. The monoisotopic (exact) mass is 213 g/mol. The lowest BCUT2D eigenvalue weighted by atomic mass is 10.3. The predicted molar refractivity (Wildman–Crippen MR) is 53.8 cm³/mol. The molecule has 0 bridgehead atoms. The summed E-state index contributed by atoms with van der Waals surface area (Å²) in [7, 11) is 0. The van der Waals surface area contributed by atoms with Gasteiger partial charge >= 0.3 is 5.97 Å². The molecule has 76 valence electrons. The number of carboxylic acid groups (broad SMARTS) is 1. The second-order valence-electron chi connectivity index (χ2n) is 2.84. The van der Waals surface area contributed by atoms with Gasteiger partial charge in [-0.15, -0.1) is 11.3 Å². The Balaban J connectivity index is 2.40. The van der Waals surface area contributed by atoms with Crippen LogP contribution in [0.4, 0.5) is 0 Å². The summed E-state index contributed by atoms with van der Waals surface area (Å²) in [6, 6.07) is 2.82. The molecule has 1 atom stereocenters. The van der Waals surface area contributed by atoms with E-state index in [4.69, 9.17) is 5.11 Å². The Labute approximate surface area is 85.6 Å². The second-order valence-corrected chi connectivity index (χ2v) is 3.79. The van der Waals surface area contributed by atoms with E-state index in [1.54, 1.807) is 12.1 Å². The fourth-order valence-electron chi connectivity index (χ4n) is 0.857. The third kappa shape index (κ3) is 2.93. The lowest BCUT2D eigenvalue weighted by Gasteiger charge is -2.06. The van der Waals surface area contributed by atoms with Crippen molar-refractivity contribution >= 4 is 23.1 Å². The van der Waals surface area contributed by atoms with Gasteiger partial charge in [0.2, 0.25) is 0 Å². The van der Waals surface area contributed by atoms with E-state index in [1.165, 1.54) is 18.3 Å². The van der Waals surface area contributed by atoms with Gasteiger partial charge in [0, 0.05) is 0 Å². The molecule has 0 aliphatic carbocycles. The van der Waals surface area contributed by atoms with Crippen molar-refractivity contribution in [2.75, 3.05) is 6.54 Å². The van der Waals surface area contributed by atoms with Crippen LogP contribution in [0.25, 0.3) is 0 Å². The molecule has 1 heterocycles. The van der Waals surface area contributed by atoms with Crippen molar-refractivity contribution in [2.24, 2.45) is 0 Å². The van der Waals surface area contributed by atoms with Crippen LogP contribution in [0.5, 0.6) is 0 Å². The Morgan fingerprint density at radius 3 is 2.86 bits per heavy atom. The van der Waals surface area contributed by atoms with Gasteiger partial charge in [0.25, 0.3) is 0 Å². The van der Waals surface area contributed by atoms with Gasteiger partial charge in [-0.2, -0.15) is 0 Å². The van der Waals surface area contributed by atoms with Crippen molar-refractivity contribution in [3.63, 3.8) is 0 Å². The summed E-state index contributed by atoms with van der Waals surface area (Å²) in [5.41, 5.74) is 0. The van der Waals surface area contributed by atoms with Gasteiger partial charge in [0.05, 0.1) is 11.4 Å². The number of thiophene rings is 1. The smallest absolute Gasteiger partial charge is 0.320 e. The van der Waals surface area contributed by atoms with Crippen molar-refractivity contribution in [1.29, 1.82) is 0 Å². The zero-order chi connectivity index (χ0) is 10.6. The lowest BCUT2D eigenvalue weighted by Crippen LogP contribution is -2.37. The molecule has 0 aromatic carbocycles. The second kappa shape index (κ2) is 4.88. The number of Topliss-reactive ketones (excluding diaryl/α,β-unsaturated/α-hetero) is 1. The summed E-state index contributed by atoms with van der Waals surface area (Å²) in [6.07, 6.45) is 0. The summed E-state index contributed by atoms with van der Waals surface area (Å²) in [5, 5.41) is 13.0. The van der Waals surface area contributed by atoms with Gasteiger partial charge in [-0.25, -0.2) is 0 Å². The Bertz CT molecular complexity index is 321. The van der Waals surface area contributed by atoms with E-state index < -0.39 is 12.0 Å². The quantitative estimate of drug-likeness (QED) is 0.716. The van der Waals surface area contributed by atoms with Crippen LogP contribution in [0.15, 0.2) is 17.5 Å². The van der Waals surface area contributed by atoms with Crippen LogP contribution in [0, 0.1) is 0 Å². The molecule has 1 unspecified atom stereocenters. The zero-order valence-electron chi connectivity index (χ0n) is 7.69. The van der Waals surface area contributed by atoms with Gasteiger partial charge in [0.15, 0.2) is 5.78 Å². The largest absolute Gasteiger partial charge is 0.480 e. The molecule has 14 heavy (non-hydrogen) atoms. The maximum absolute atomic E-state index is 11.4. The van der Waals surface area contributed by atoms with E-state index in [1.807, 2.05) is 5.38 Å². The Morgan fingerprint density at radius 2 is 2.36 bits per heavy atom. The molecule has 0 radical (unpaired) electrons. The third-order valence-electron chi connectivity index (χ3n) is 1.74. The van der Waals surface area contributed by atoms with Crippen molar-refractivity contribution in [3.05, 3.63) is 22.4 Å². The first-order valence-corrected chi connectivity index (χ1v) is 5.02. The van der Waals surface area contributed by atoms with Crippen LogP contribution in [-0.4, -0.2) is 29.4 Å². The maximum atomic E-state index is 11.4. The molecule has 5 heteroatoms. The molecule has 4 nitrogen and oxygen atoms in total. The standard InChI is InChI=1S/C9H11NO3S/c1-6(9(12)13)10-5-7(11)8-3-2-4-14-8/h2-4,6,10H,5H2,1H3,(H,12,13). The summed E-state index contributed by atoms with van der Waals surface area (Å²) >= 11 is 1.35.